The van der Waals surface area contributed by atoms with Crippen molar-refractivity contribution in [3.8, 4) is 17.3 Å². The van der Waals surface area contributed by atoms with Crippen LogP contribution in [0.2, 0.25) is 0 Å². The first kappa shape index (κ1) is 18.9. The Hall–Kier alpha value is -3.08. The minimum atomic E-state index is 0.221. The molecule has 0 atom stereocenters. The average molecular weight is 402 g/mol. The van der Waals surface area contributed by atoms with Gasteiger partial charge in [0.15, 0.2) is 0 Å². The van der Waals surface area contributed by atoms with Crippen molar-refractivity contribution >= 4 is 5.91 Å². The van der Waals surface area contributed by atoms with Crippen LogP contribution < -0.4 is 4.74 Å². The van der Waals surface area contributed by atoms with Gasteiger partial charge in [0.1, 0.15) is 5.75 Å². The highest BCUT2D eigenvalue weighted by molar-refractivity contribution is 5.81. The third-order valence-corrected chi connectivity index (χ3v) is 5.84. The van der Waals surface area contributed by atoms with Crippen molar-refractivity contribution in [2.24, 2.45) is 5.92 Å². The van der Waals surface area contributed by atoms with Crippen LogP contribution in [-0.4, -0.2) is 26.6 Å². The zero-order valence-electron chi connectivity index (χ0n) is 17.3. The molecule has 154 valence electrons. The van der Waals surface area contributed by atoms with E-state index in [1.807, 2.05) is 65.3 Å². The Morgan fingerprint density at radius 3 is 2.30 bits per heavy atom. The van der Waals surface area contributed by atoms with Crippen molar-refractivity contribution in [1.29, 1.82) is 0 Å². The highest BCUT2D eigenvalue weighted by atomic mass is 16.5. The summed E-state index contributed by atoms with van der Waals surface area (Å²) in [5.74, 6) is 2.00. The van der Waals surface area contributed by atoms with Crippen molar-refractivity contribution in [3.05, 3.63) is 71.9 Å². The molecule has 0 N–H and O–H groups in total. The summed E-state index contributed by atoms with van der Waals surface area (Å²) in [6, 6.07) is 20.2. The van der Waals surface area contributed by atoms with Crippen LogP contribution in [0.25, 0.3) is 5.69 Å². The molecule has 0 bridgehead atoms. The second-order valence-corrected chi connectivity index (χ2v) is 8.22. The molecular weight excluding hydrogens is 374 g/mol. The van der Waals surface area contributed by atoms with Gasteiger partial charge in [-0.3, -0.25) is 4.79 Å². The molecule has 5 heteroatoms. The summed E-state index contributed by atoms with van der Waals surface area (Å²) in [5, 5.41) is 4.90. The maximum absolute atomic E-state index is 13.0. The van der Waals surface area contributed by atoms with Crippen molar-refractivity contribution in [2.75, 3.05) is 0 Å². The van der Waals surface area contributed by atoms with E-state index in [9.17, 15) is 4.79 Å². The normalized spacial score (nSPS) is 15.8. The molecule has 0 unspecified atom stereocenters. The Labute approximate surface area is 177 Å². The fourth-order valence-corrected chi connectivity index (χ4v) is 3.88. The number of aromatic nitrogens is 2. The molecule has 2 aliphatic carbocycles. The third-order valence-electron chi connectivity index (χ3n) is 5.84. The lowest BCUT2D eigenvalue weighted by Gasteiger charge is -2.23. The Morgan fingerprint density at radius 2 is 1.70 bits per heavy atom. The summed E-state index contributed by atoms with van der Waals surface area (Å²) >= 11 is 0. The topological polar surface area (TPSA) is 47.4 Å². The van der Waals surface area contributed by atoms with Gasteiger partial charge in [-0.05, 0) is 56.4 Å². The van der Waals surface area contributed by atoms with Gasteiger partial charge in [0.25, 0.3) is 0 Å². The van der Waals surface area contributed by atoms with E-state index in [1.165, 1.54) is 0 Å². The number of carbonyl (C=O) groups is 1. The molecule has 0 radical (unpaired) electrons. The second kappa shape index (κ2) is 7.98. The van der Waals surface area contributed by atoms with Crippen LogP contribution in [0.3, 0.4) is 0 Å². The summed E-state index contributed by atoms with van der Waals surface area (Å²) < 4.78 is 8.28. The molecule has 2 saturated carbocycles. The zero-order valence-corrected chi connectivity index (χ0v) is 17.3. The van der Waals surface area contributed by atoms with Crippen molar-refractivity contribution in [1.82, 2.24) is 14.7 Å². The largest absolute Gasteiger partial charge is 0.439 e. The molecule has 5 rings (SSSR count). The lowest BCUT2D eigenvalue weighted by molar-refractivity contribution is -0.133. The van der Waals surface area contributed by atoms with Crippen LogP contribution in [0, 0.1) is 5.92 Å². The highest BCUT2D eigenvalue weighted by Gasteiger charge is 2.41. The summed E-state index contributed by atoms with van der Waals surface area (Å²) in [6.45, 7) is 2.68. The van der Waals surface area contributed by atoms with Crippen LogP contribution in [-0.2, 0) is 17.8 Å². The van der Waals surface area contributed by atoms with Crippen LogP contribution >= 0.6 is 0 Å². The minimum Gasteiger partial charge on any atom is -0.439 e. The number of hydrogen-bond donors (Lipinski definition) is 0. The molecule has 2 aliphatic rings. The van der Waals surface area contributed by atoms with Gasteiger partial charge in [-0.1, -0.05) is 43.3 Å². The molecule has 1 heterocycles. The van der Waals surface area contributed by atoms with Gasteiger partial charge in [-0.2, -0.15) is 5.10 Å². The molecule has 0 aliphatic heterocycles. The maximum Gasteiger partial charge on any atom is 0.227 e. The number of nitrogens with zero attached hydrogens (tertiary/aromatic N) is 3. The summed E-state index contributed by atoms with van der Waals surface area (Å²) in [7, 11) is 0. The van der Waals surface area contributed by atoms with E-state index in [2.05, 4.69) is 11.8 Å². The summed E-state index contributed by atoms with van der Waals surface area (Å²) in [5.41, 5.74) is 2.96. The van der Waals surface area contributed by atoms with Crippen molar-refractivity contribution in [2.45, 2.75) is 51.6 Å². The predicted octanol–water partition coefficient (Wildman–Crippen LogP) is 5.13. The van der Waals surface area contributed by atoms with Crippen molar-refractivity contribution < 1.29 is 9.53 Å². The SMILES string of the molecule is CCc1nn(-c2ccccc2)c(Oc2ccccc2)c1CN(C(=O)C1CC1)C1CC1. The number of ether oxygens (including phenoxy) is 1. The van der Waals surface area contributed by atoms with E-state index in [4.69, 9.17) is 9.84 Å². The monoisotopic (exact) mass is 401 g/mol. The number of hydrogen-bond acceptors (Lipinski definition) is 3. The molecule has 2 fully saturated rings. The summed E-state index contributed by atoms with van der Waals surface area (Å²) in [4.78, 5) is 15.1. The molecule has 1 amide bonds. The van der Waals surface area contributed by atoms with Gasteiger partial charge >= 0.3 is 0 Å². The standard InChI is InChI=1S/C25H27N3O2/c1-2-23-22(17-27(19-15-16-19)24(29)18-13-14-18)25(30-21-11-7-4-8-12-21)28(26-23)20-9-5-3-6-10-20/h3-12,18-19H,2,13-17H2,1H3. The Balaban J connectivity index is 1.57. The lowest BCUT2D eigenvalue weighted by Crippen LogP contribution is -2.34. The molecule has 0 saturated heterocycles. The molecular formula is C25H27N3O2. The molecule has 5 nitrogen and oxygen atoms in total. The third kappa shape index (κ3) is 3.84. The number of rotatable bonds is 8. The first-order valence-corrected chi connectivity index (χ1v) is 10.9. The second-order valence-electron chi connectivity index (χ2n) is 8.22. The molecule has 3 aromatic rings. The Bertz CT molecular complexity index is 1020. The number of aryl methyl sites for hydroxylation is 1. The molecule has 0 spiro atoms. The molecule has 2 aromatic carbocycles. The quantitative estimate of drug-likeness (QED) is 0.526. The van der Waals surface area contributed by atoms with Crippen LogP contribution in [0.4, 0.5) is 0 Å². The van der Waals surface area contributed by atoms with E-state index < -0.39 is 0 Å². The minimum absolute atomic E-state index is 0.221. The lowest BCUT2D eigenvalue weighted by atomic mass is 10.1. The predicted molar refractivity (Wildman–Crippen MR) is 116 cm³/mol. The highest BCUT2D eigenvalue weighted by Crippen LogP contribution is 2.39. The fraction of sp³-hybridized carbons (Fsp3) is 0.360. The van der Waals surface area contributed by atoms with Crippen LogP contribution in [0.5, 0.6) is 11.6 Å². The first-order chi connectivity index (χ1) is 14.7. The number of para-hydroxylation sites is 2. The zero-order chi connectivity index (χ0) is 20.5. The summed E-state index contributed by atoms with van der Waals surface area (Å²) in [6.07, 6.45) is 5.04. The van der Waals surface area contributed by atoms with E-state index in [0.29, 0.717) is 24.4 Å². The van der Waals surface area contributed by atoms with E-state index >= 15 is 0 Å². The number of amides is 1. The fourth-order valence-electron chi connectivity index (χ4n) is 3.88. The Kier molecular flexibility index (Phi) is 5.03. The Morgan fingerprint density at radius 1 is 1.03 bits per heavy atom. The van der Waals surface area contributed by atoms with Crippen LogP contribution in [0.1, 0.15) is 43.9 Å². The van der Waals surface area contributed by atoms with E-state index in [0.717, 1.165) is 54.8 Å². The van der Waals surface area contributed by atoms with E-state index in [1.54, 1.807) is 0 Å². The van der Waals surface area contributed by atoms with Gasteiger partial charge in [0, 0.05) is 12.0 Å². The van der Waals surface area contributed by atoms with Gasteiger partial charge in [0.05, 0.1) is 23.5 Å². The van der Waals surface area contributed by atoms with Crippen LogP contribution in [0.15, 0.2) is 60.7 Å². The molecule has 30 heavy (non-hydrogen) atoms. The van der Waals surface area contributed by atoms with Gasteiger partial charge in [-0.15, -0.1) is 0 Å². The van der Waals surface area contributed by atoms with Gasteiger partial charge < -0.3 is 9.64 Å². The smallest absolute Gasteiger partial charge is 0.227 e. The maximum atomic E-state index is 13.0. The van der Waals surface area contributed by atoms with Gasteiger partial charge in [-0.25, -0.2) is 4.68 Å². The van der Waals surface area contributed by atoms with Gasteiger partial charge in [0.2, 0.25) is 11.8 Å². The molecule has 1 aromatic heterocycles. The first-order valence-electron chi connectivity index (χ1n) is 10.9. The van der Waals surface area contributed by atoms with E-state index in [-0.39, 0.29) is 5.92 Å². The number of carbonyl (C=O) groups excluding carboxylic acids is 1. The average Bonchev–Trinajstić information content (AvgIpc) is 3.70. The van der Waals surface area contributed by atoms with Crippen molar-refractivity contribution in [3.63, 3.8) is 0 Å². The number of benzene rings is 2.